The Balaban J connectivity index is 1.74. The molecule has 6 nitrogen and oxygen atoms in total. The highest BCUT2D eigenvalue weighted by atomic mass is 32.2. The summed E-state index contributed by atoms with van der Waals surface area (Å²) in [7, 11) is 0. The fourth-order valence-electron chi connectivity index (χ4n) is 3.12. The van der Waals surface area contributed by atoms with Crippen molar-refractivity contribution < 1.29 is 14.3 Å². The molecule has 0 saturated carbocycles. The molecule has 1 heterocycles. The van der Waals surface area contributed by atoms with Crippen LogP contribution < -0.4 is 10.6 Å². The zero-order valence-electron chi connectivity index (χ0n) is 17.3. The highest BCUT2D eigenvalue weighted by Crippen LogP contribution is 2.32. The second kappa shape index (κ2) is 10.1. The molecule has 1 amide bonds. The van der Waals surface area contributed by atoms with Crippen LogP contribution in [0.15, 0.2) is 70.9 Å². The van der Waals surface area contributed by atoms with E-state index >= 15 is 0 Å². The number of aryl methyl sites for hydroxylation is 1. The van der Waals surface area contributed by atoms with Gasteiger partial charge in [0.15, 0.2) is 5.17 Å². The van der Waals surface area contributed by atoms with Gasteiger partial charge in [0.05, 0.1) is 17.9 Å². The van der Waals surface area contributed by atoms with Crippen LogP contribution in [-0.4, -0.2) is 29.4 Å². The molecule has 0 unspecified atom stereocenters. The second-order valence-electron chi connectivity index (χ2n) is 6.84. The molecule has 0 fully saturated rings. The predicted octanol–water partition coefficient (Wildman–Crippen LogP) is 4.20. The number of carbonyl (C=O) groups is 2. The van der Waals surface area contributed by atoms with Gasteiger partial charge in [0.25, 0.3) is 0 Å². The van der Waals surface area contributed by atoms with Crippen molar-refractivity contribution >= 4 is 34.5 Å². The molecule has 2 aromatic carbocycles. The Bertz CT molecular complexity index is 986. The third kappa shape index (κ3) is 5.51. The van der Waals surface area contributed by atoms with Gasteiger partial charge in [-0.25, -0.2) is 9.79 Å². The Hall–Kier alpha value is -3.06. The van der Waals surface area contributed by atoms with Crippen LogP contribution in [0.5, 0.6) is 0 Å². The quantitative estimate of drug-likeness (QED) is 0.681. The van der Waals surface area contributed by atoms with Crippen LogP contribution in [0, 0.1) is 6.92 Å². The highest BCUT2D eigenvalue weighted by molar-refractivity contribution is 8.14. The van der Waals surface area contributed by atoms with Crippen molar-refractivity contribution in [1.29, 1.82) is 0 Å². The Morgan fingerprint density at radius 2 is 1.90 bits per heavy atom. The third-order valence-corrected chi connectivity index (χ3v) is 5.36. The smallest absolute Gasteiger partial charge is 0.338 e. The minimum atomic E-state index is -0.478. The Morgan fingerprint density at radius 1 is 1.13 bits per heavy atom. The van der Waals surface area contributed by atoms with Gasteiger partial charge in [-0.05, 0) is 44.0 Å². The summed E-state index contributed by atoms with van der Waals surface area (Å²) in [6, 6.07) is 16.8. The van der Waals surface area contributed by atoms with Crippen molar-refractivity contribution in [3.05, 3.63) is 77.0 Å². The van der Waals surface area contributed by atoms with Crippen LogP contribution >= 0.6 is 11.8 Å². The number of hydrogen-bond acceptors (Lipinski definition) is 6. The number of esters is 1. The van der Waals surface area contributed by atoms with E-state index in [9.17, 15) is 9.59 Å². The molecule has 0 radical (unpaired) electrons. The molecule has 0 saturated heterocycles. The van der Waals surface area contributed by atoms with E-state index in [0.29, 0.717) is 23.0 Å². The molecule has 30 heavy (non-hydrogen) atoms. The summed E-state index contributed by atoms with van der Waals surface area (Å²) in [5, 5.41) is 6.63. The van der Waals surface area contributed by atoms with Crippen molar-refractivity contribution in [1.82, 2.24) is 5.32 Å². The number of rotatable bonds is 6. The van der Waals surface area contributed by atoms with Crippen LogP contribution in [0.25, 0.3) is 0 Å². The van der Waals surface area contributed by atoms with Crippen molar-refractivity contribution in [3.8, 4) is 0 Å². The number of amides is 1. The fourth-order valence-corrected chi connectivity index (χ4v) is 3.87. The van der Waals surface area contributed by atoms with E-state index in [1.807, 2.05) is 68.4 Å². The van der Waals surface area contributed by atoms with E-state index in [1.54, 1.807) is 6.92 Å². The lowest BCUT2D eigenvalue weighted by molar-refractivity contribution is -0.139. The van der Waals surface area contributed by atoms with E-state index < -0.39 is 6.04 Å². The van der Waals surface area contributed by atoms with Gasteiger partial charge in [-0.2, -0.15) is 0 Å². The van der Waals surface area contributed by atoms with Gasteiger partial charge in [-0.3, -0.25) is 4.79 Å². The predicted molar refractivity (Wildman–Crippen MR) is 121 cm³/mol. The van der Waals surface area contributed by atoms with Gasteiger partial charge in [-0.1, -0.05) is 54.2 Å². The van der Waals surface area contributed by atoms with Crippen molar-refractivity contribution in [2.45, 2.75) is 26.8 Å². The number of hydrogen-bond donors (Lipinski definition) is 2. The third-order valence-electron chi connectivity index (χ3n) is 4.47. The number of allylic oxidation sites excluding steroid dienone is 1. The highest BCUT2D eigenvalue weighted by Gasteiger charge is 2.30. The van der Waals surface area contributed by atoms with Crippen LogP contribution in [0.2, 0.25) is 0 Å². The number of nitrogens with one attached hydrogen (secondary N) is 2. The zero-order chi connectivity index (χ0) is 21.5. The molecule has 2 N–H and O–H groups in total. The van der Waals surface area contributed by atoms with Crippen LogP contribution in [0.3, 0.4) is 0 Å². The lowest BCUT2D eigenvalue weighted by atomic mass is 9.97. The molecule has 0 aromatic heterocycles. The topological polar surface area (TPSA) is 79.8 Å². The SMILES string of the molecule is CCOC(=O)C1=C(C)NC(SCC(=O)Nc2cccc(C)c2)=N[C@H]1c1ccccc1. The van der Waals surface area contributed by atoms with Gasteiger partial charge in [0.1, 0.15) is 6.04 Å². The molecule has 2 aromatic rings. The minimum Gasteiger partial charge on any atom is -0.463 e. The first-order valence-electron chi connectivity index (χ1n) is 9.75. The number of amidine groups is 1. The first kappa shape index (κ1) is 21.6. The normalized spacial score (nSPS) is 15.8. The van der Waals surface area contributed by atoms with Crippen LogP contribution in [0.4, 0.5) is 5.69 Å². The zero-order valence-corrected chi connectivity index (χ0v) is 18.1. The monoisotopic (exact) mass is 423 g/mol. The summed E-state index contributed by atoms with van der Waals surface area (Å²) in [5.74, 6) is -0.311. The van der Waals surface area contributed by atoms with Crippen LogP contribution in [-0.2, 0) is 14.3 Å². The number of anilines is 1. The van der Waals surface area contributed by atoms with Crippen LogP contribution in [0.1, 0.15) is 31.0 Å². The number of nitrogens with zero attached hydrogens (tertiary/aromatic N) is 1. The largest absolute Gasteiger partial charge is 0.463 e. The maximum absolute atomic E-state index is 12.5. The molecule has 0 spiro atoms. The van der Waals surface area contributed by atoms with Crippen molar-refractivity contribution in [3.63, 3.8) is 0 Å². The minimum absolute atomic E-state index is 0.121. The average molecular weight is 424 g/mol. The van der Waals surface area contributed by atoms with Gasteiger partial charge < -0.3 is 15.4 Å². The number of aliphatic imine (C=N–C) groups is 1. The average Bonchev–Trinajstić information content (AvgIpc) is 2.72. The molecule has 156 valence electrons. The molecule has 1 aliphatic rings. The van der Waals surface area contributed by atoms with E-state index in [0.717, 1.165) is 16.8 Å². The summed E-state index contributed by atoms with van der Waals surface area (Å²) in [5.41, 5.74) is 3.90. The molecule has 1 atom stereocenters. The van der Waals surface area contributed by atoms with Crippen molar-refractivity contribution in [2.75, 3.05) is 17.7 Å². The molecule has 3 rings (SSSR count). The maximum Gasteiger partial charge on any atom is 0.338 e. The summed E-state index contributed by atoms with van der Waals surface area (Å²) in [6.45, 7) is 5.87. The molecule has 0 bridgehead atoms. The molecular formula is C23H25N3O3S. The van der Waals surface area contributed by atoms with Gasteiger partial charge in [0.2, 0.25) is 5.91 Å². The summed E-state index contributed by atoms with van der Waals surface area (Å²) in [4.78, 5) is 29.6. The first-order valence-corrected chi connectivity index (χ1v) is 10.7. The standard InChI is InChI=1S/C23H25N3O3S/c1-4-29-22(28)20-16(3)24-23(26-21(20)17-10-6-5-7-11-17)30-14-19(27)25-18-12-8-9-15(2)13-18/h5-13,21H,4,14H2,1-3H3,(H,24,26)(H,25,27)/t21-/m0/s1. The molecule has 0 aliphatic carbocycles. The second-order valence-corrected chi connectivity index (χ2v) is 7.80. The number of thioether (sulfide) groups is 1. The first-order chi connectivity index (χ1) is 14.5. The molecule has 7 heteroatoms. The Labute approximate surface area is 180 Å². The summed E-state index contributed by atoms with van der Waals surface area (Å²) in [6.07, 6.45) is 0. The Kier molecular flexibility index (Phi) is 7.30. The van der Waals surface area contributed by atoms with E-state index in [-0.39, 0.29) is 17.6 Å². The van der Waals surface area contributed by atoms with Gasteiger partial charge in [0, 0.05) is 11.4 Å². The molecule has 1 aliphatic heterocycles. The summed E-state index contributed by atoms with van der Waals surface area (Å²) < 4.78 is 5.24. The fraction of sp³-hybridized carbons (Fsp3) is 0.261. The number of carbonyl (C=O) groups excluding carboxylic acids is 2. The summed E-state index contributed by atoms with van der Waals surface area (Å²) >= 11 is 1.30. The van der Waals surface area contributed by atoms with Gasteiger partial charge in [-0.15, -0.1) is 0 Å². The van der Waals surface area contributed by atoms with E-state index in [1.165, 1.54) is 11.8 Å². The van der Waals surface area contributed by atoms with Gasteiger partial charge >= 0.3 is 5.97 Å². The Morgan fingerprint density at radius 3 is 2.60 bits per heavy atom. The van der Waals surface area contributed by atoms with E-state index in [2.05, 4.69) is 10.6 Å². The number of benzene rings is 2. The molecular weight excluding hydrogens is 398 g/mol. The number of ether oxygens (including phenoxy) is 1. The lowest BCUT2D eigenvalue weighted by Gasteiger charge is -2.25. The lowest BCUT2D eigenvalue weighted by Crippen LogP contribution is -2.31. The van der Waals surface area contributed by atoms with Crippen molar-refractivity contribution in [2.24, 2.45) is 4.99 Å². The van der Waals surface area contributed by atoms with E-state index in [4.69, 9.17) is 9.73 Å². The maximum atomic E-state index is 12.5.